The van der Waals surface area contributed by atoms with Crippen LogP contribution in [0.5, 0.6) is 5.75 Å². The molecule has 1 rings (SSSR count). The number of nitrogens with two attached hydrogens (primary N) is 1. The number of carboxylic acids is 1. The highest BCUT2D eigenvalue weighted by Crippen LogP contribution is 2.29. The fourth-order valence-electron chi connectivity index (χ4n) is 1.71. The third kappa shape index (κ3) is 3.46. The zero-order valence-electron chi connectivity index (χ0n) is 10.5. The third-order valence-corrected chi connectivity index (χ3v) is 2.91. The Hall–Kier alpha value is -1.55. The lowest BCUT2D eigenvalue weighted by molar-refractivity contribution is -0.137. The second-order valence-electron chi connectivity index (χ2n) is 4.22. The van der Waals surface area contributed by atoms with Gasteiger partial charge in [0.2, 0.25) is 0 Å². The number of hydrogen-bond acceptors (Lipinski definition) is 3. The minimum absolute atomic E-state index is 0.0667. The Morgan fingerprint density at radius 3 is 2.53 bits per heavy atom. The molecule has 17 heavy (non-hydrogen) atoms. The summed E-state index contributed by atoms with van der Waals surface area (Å²) in [5.74, 6) is -0.103. The maximum Gasteiger partial charge on any atom is 0.303 e. The summed E-state index contributed by atoms with van der Waals surface area (Å²) in [6.07, 6.45) is 0.478. The van der Waals surface area contributed by atoms with E-state index in [1.165, 1.54) is 0 Å². The molecule has 1 aromatic carbocycles. The number of methoxy groups -OCH3 is 1. The van der Waals surface area contributed by atoms with Crippen LogP contribution in [-0.2, 0) is 4.79 Å². The number of ether oxygens (including phenoxy) is 1. The van der Waals surface area contributed by atoms with Crippen molar-refractivity contribution in [3.63, 3.8) is 0 Å². The van der Waals surface area contributed by atoms with Crippen molar-refractivity contribution in [3.8, 4) is 5.75 Å². The van der Waals surface area contributed by atoms with Crippen molar-refractivity contribution >= 4 is 5.97 Å². The molecular weight excluding hydrogens is 218 g/mol. The molecule has 1 aromatic rings. The minimum Gasteiger partial charge on any atom is -0.496 e. The fraction of sp³-hybridized carbons (Fsp3) is 0.462. The normalized spacial score (nSPS) is 12.2. The highest BCUT2D eigenvalue weighted by Gasteiger charge is 2.14. The Morgan fingerprint density at radius 2 is 2.00 bits per heavy atom. The Morgan fingerprint density at radius 1 is 1.41 bits per heavy atom. The van der Waals surface area contributed by atoms with E-state index in [2.05, 4.69) is 0 Å². The van der Waals surface area contributed by atoms with Crippen LogP contribution >= 0.6 is 0 Å². The van der Waals surface area contributed by atoms with Gasteiger partial charge in [-0.2, -0.15) is 0 Å². The van der Waals surface area contributed by atoms with Crippen LogP contribution < -0.4 is 10.5 Å². The lowest BCUT2D eigenvalue weighted by atomic mass is 9.97. The maximum absolute atomic E-state index is 10.5. The topological polar surface area (TPSA) is 72.5 Å². The maximum atomic E-state index is 10.5. The van der Waals surface area contributed by atoms with Gasteiger partial charge in [0.1, 0.15) is 5.75 Å². The molecule has 0 saturated heterocycles. The first-order valence-electron chi connectivity index (χ1n) is 5.58. The predicted molar refractivity (Wildman–Crippen MR) is 66.3 cm³/mol. The van der Waals surface area contributed by atoms with E-state index in [0.717, 1.165) is 22.4 Å². The summed E-state index contributed by atoms with van der Waals surface area (Å²) in [7, 11) is 1.59. The highest BCUT2D eigenvalue weighted by molar-refractivity contribution is 5.66. The third-order valence-electron chi connectivity index (χ3n) is 2.91. The van der Waals surface area contributed by atoms with Gasteiger partial charge in [-0.15, -0.1) is 0 Å². The SMILES string of the molecule is COc1cc(C)c(C)cc1C(N)CCC(=O)O. The van der Waals surface area contributed by atoms with Crippen LogP contribution in [0.1, 0.15) is 35.6 Å². The van der Waals surface area contributed by atoms with Gasteiger partial charge in [-0.05, 0) is 37.5 Å². The summed E-state index contributed by atoms with van der Waals surface area (Å²) in [6.45, 7) is 4.01. The lowest BCUT2D eigenvalue weighted by Crippen LogP contribution is -2.14. The van der Waals surface area contributed by atoms with Crippen LogP contribution in [0.15, 0.2) is 12.1 Å². The quantitative estimate of drug-likeness (QED) is 0.823. The second-order valence-corrected chi connectivity index (χ2v) is 4.22. The summed E-state index contributed by atoms with van der Waals surface area (Å²) in [5.41, 5.74) is 9.13. The molecular formula is C13H19NO3. The van der Waals surface area contributed by atoms with Crippen molar-refractivity contribution in [2.24, 2.45) is 5.73 Å². The van der Waals surface area contributed by atoms with Crippen LogP contribution in [0.3, 0.4) is 0 Å². The highest BCUT2D eigenvalue weighted by atomic mass is 16.5. The number of hydrogen-bond donors (Lipinski definition) is 2. The van der Waals surface area contributed by atoms with Crippen LogP contribution in [0.25, 0.3) is 0 Å². The molecule has 4 nitrogen and oxygen atoms in total. The molecule has 0 radical (unpaired) electrons. The number of rotatable bonds is 5. The first-order valence-corrected chi connectivity index (χ1v) is 5.58. The molecule has 0 aliphatic heterocycles. The number of aryl methyl sites for hydroxylation is 2. The van der Waals surface area contributed by atoms with Crippen LogP contribution in [0, 0.1) is 13.8 Å². The molecule has 0 saturated carbocycles. The van der Waals surface area contributed by atoms with Crippen molar-refractivity contribution in [1.29, 1.82) is 0 Å². The molecule has 0 amide bonds. The fourth-order valence-corrected chi connectivity index (χ4v) is 1.71. The summed E-state index contributed by atoms with van der Waals surface area (Å²) < 4.78 is 5.28. The van der Waals surface area contributed by atoms with Crippen LogP contribution in [0.4, 0.5) is 0 Å². The molecule has 0 aromatic heterocycles. The van der Waals surface area contributed by atoms with Crippen LogP contribution in [0.2, 0.25) is 0 Å². The van der Waals surface area contributed by atoms with E-state index in [9.17, 15) is 4.79 Å². The molecule has 0 bridgehead atoms. The van der Waals surface area contributed by atoms with Crippen molar-refractivity contribution in [2.75, 3.05) is 7.11 Å². The number of benzene rings is 1. The van der Waals surface area contributed by atoms with E-state index in [0.29, 0.717) is 6.42 Å². The van der Waals surface area contributed by atoms with Crippen molar-refractivity contribution in [2.45, 2.75) is 32.7 Å². The van der Waals surface area contributed by atoms with E-state index in [1.54, 1.807) is 7.11 Å². The van der Waals surface area contributed by atoms with E-state index >= 15 is 0 Å². The minimum atomic E-state index is -0.830. The summed E-state index contributed by atoms with van der Waals surface area (Å²) >= 11 is 0. The zero-order chi connectivity index (χ0) is 13.0. The molecule has 1 unspecified atom stereocenters. The van der Waals surface area contributed by atoms with Gasteiger partial charge in [-0.1, -0.05) is 6.07 Å². The van der Waals surface area contributed by atoms with E-state index in [-0.39, 0.29) is 12.5 Å². The molecule has 0 spiro atoms. The van der Waals surface area contributed by atoms with Gasteiger partial charge in [-0.3, -0.25) is 4.79 Å². The first-order chi connectivity index (χ1) is 7.95. The summed E-state index contributed by atoms with van der Waals surface area (Å²) in [5, 5.41) is 8.65. The van der Waals surface area contributed by atoms with Gasteiger partial charge in [0.25, 0.3) is 0 Å². The molecule has 94 valence electrons. The van der Waals surface area contributed by atoms with Gasteiger partial charge in [-0.25, -0.2) is 0 Å². The second kappa shape index (κ2) is 5.68. The Labute approximate surface area is 101 Å². The van der Waals surface area contributed by atoms with E-state index in [1.807, 2.05) is 26.0 Å². The molecule has 3 N–H and O–H groups in total. The van der Waals surface area contributed by atoms with Crippen molar-refractivity contribution in [1.82, 2.24) is 0 Å². The number of carbonyl (C=O) groups is 1. The predicted octanol–water partition coefficient (Wildman–Crippen LogP) is 2.18. The van der Waals surface area contributed by atoms with Gasteiger partial charge in [0.15, 0.2) is 0 Å². The Balaban J connectivity index is 2.95. The molecule has 0 aliphatic rings. The van der Waals surface area contributed by atoms with Crippen molar-refractivity contribution in [3.05, 3.63) is 28.8 Å². The monoisotopic (exact) mass is 237 g/mol. The van der Waals surface area contributed by atoms with Gasteiger partial charge >= 0.3 is 5.97 Å². The number of aliphatic carboxylic acids is 1. The van der Waals surface area contributed by atoms with E-state index in [4.69, 9.17) is 15.6 Å². The molecule has 0 fully saturated rings. The Bertz CT molecular complexity index is 415. The Kier molecular flexibility index (Phi) is 4.52. The molecule has 0 aliphatic carbocycles. The standard InChI is InChI=1S/C13H19NO3/c1-8-6-10(11(14)4-5-13(15)16)12(17-3)7-9(8)2/h6-7,11H,4-5,14H2,1-3H3,(H,15,16). The van der Waals surface area contributed by atoms with Crippen molar-refractivity contribution < 1.29 is 14.6 Å². The largest absolute Gasteiger partial charge is 0.496 e. The van der Waals surface area contributed by atoms with Gasteiger partial charge < -0.3 is 15.6 Å². The molecule has 4 heteroatoms. The zero-order valence-corrected chi connectivity index (χ0v) is 10.5. The lowest BCUT2D eigenvalue weighted by Gasteiger charge is -2.17. The van der Waals surface area contributed by atoms with Gasteiger partial charge in [0.05, 0.1) is 7.11 Å². The molecule has 1 atom stereocenters. The number of carboxylic acid groups (broad SMARTS) is 1. The molecule has 0 heterocycles. The smallest absolute Gasteiger partial charge is 0.303 e. The summed E-state index contributed by atoms with van der Waals surface area (Å²) in [4.78, 5) is 10.5. The first kappa shape index (κ1) is 13.5. The average molecular weight is 237 g/mol. The van der Waals surface area contributed by atoms with Crippen LogP contribution in [-0.4, -0.2) is 18.2 Å². The van der Waals surface area contributed by atoms with E-state index < -0.39 is 5.97 Å². The summed E-state index contributed by atoms with van der Waals surface area (Å²) in [6, 6.07) is 3.60. The van der Waals surface area contributed by atoms with Gasteiger partial charge in [0, 0.05) is 18.0 Å². The average Bonchev–Trinajstić information content (AvgIpc) is 2.28.